The average Bonchev–Trinajstić information content (AvgIpc) is 2.66. The number of hydrogen-bond acceptors (Lipinski definition) is 3. The molecule has 0 saturated carbocycles. The van der Waals surface area contributed by atoms with Gasteiger partial charge >= 0.3 is 0 Å². The first kappa shape index (κ1) is 13.7. The Balaban J connectivity index is 3.09. The smallest absolute Gasteiger partial charge is 0.0579 e. The van der Waals surface area contributed by atoms with E-state index in [1.54, 1.807) is 11.3 Å². The van der Waals surface area contributed by atoms with Crippen LogP contribution in [0.1, 0.15) is 43.2 Å². The van der Waals surface area contributed by atoms with Crippen LogP contribution in [0.4, 0.5) is 0 Å². The summed E-state index contributed by atoms with van der Waals surface area (Å²) in [5.74, 6) is 0. The summed E-state index contributed by atoms with van der Waals surface area (Å²) >= 11 is 1.78. The predicted molar refractivity (Wildman–Crippen MR) is 73.0 cm³/mol. The van der Waals surface area contributed by atoms with Crippen molar-refractivity contribution in [2.24, 2.45) is 5.73 Å². The van der Waals surface area contributed by atoms with E-state index >= 15 is 0 Å². The van der Waals surface area contributed by atoms with E-state index in [1.807, 2.05) is 0 Å². The van der Waals surface area contributed by atoms with Crippen LogP contribution in [0.25, 0.3) is 0 Å². The SMILES string of the molecule is CCC(CC)(C(N)c1sccc1C)N(C)C. The molecule has 1 heterocycles. The van der Waals surface area contributed by atoms with Crippen LogP contribution < -0.4 is 5.73 Å². The second-order valence-electron chi connectivity index (χ2n) is 4.65. The molecule has 1 unspecified atom stereocenters. The van der Waals surface area contributed by atoms with Crippen LogP contribution in [0, 0.1) is 6.92 Å². The Kier molecular flexibility index (Phi) is 4.53. The van der Waals surface area contributed by atoms with Crippen molar-refractivity contribution in [1.82, 2.24) is 4.90 Å². The Morgan fingerprint density at radius 3 is 2.25 bits per heavy atom. The summed E-state index contributed by atoms with van der Waals surface area (Å²) in [6.07, 6.45) is 2.16. The van der Waals surface area contributed by atoms with Crippen LogP contribution in [0.2, 0.25) is 0 Å². The van der Waals surface area contributed by atoms with Crippen molar-refractivity contribution >= 4 is 11.3 Å². The van der Waals surface area contributed by atoms with Crippen molar-refractivity contribution < 1.29 is 0 Å². The molecule has 3 heteroatoms. The summed E-state index contributed by atoms with van der Waals surface area (Å²) in [6, 6.07) is 2.27. The fourth-order valence-corrected chi connectivity index (χ4v) is 3.59. The lowest BCUT2D eigenvalue weighted by molar-refractivity contribution is 0.107. The Morgan fingerprint density at radius 2 is 1.94 bits per heavy atom. The topological polar surface area (TPSA) is 29.3 Å². The van der Waals surface area contributed by atoms with E-state index in [4.69, 9.17) is 5.73 Å². The summed E-state index contributed by atoms with van der Waals surface area (Å²) < 4.78 is 0. The number of aryl methyl sites for hydroxylation is 1. The number of nitrogens with zero attached hydrogens (tertiary/aromatic N) is 1. The zero-order valence-corrected chi connectivity index (χ0v) is 11.9. The van der Waals surface area contributed by atoms with Crippen molar-refractivity contribution in [2.75, 3.05) is 14.1 Å². The number of rotatable bonds is 5. The molecule has 1 rings (SSSR count). The van der Waals surface area contributed by atoms with Gasteiger partial charge in [0.15, 0.2) is 0 Å². The molecule has 0 aliphatic carbocycles. The molecule has 0 bridgehead atoms. The first-order chi connectivity index (χ1) is 7.49. The number of likely N-dealkylation sites (N-methyl/N-ethyl adjacent to an activating group) is 1. The molecular formula is C13H24N2S. The zero-order chi connectivity index (χ0) is 12.3. The van der Waals surface area contributed by atoms with Gasteiger partial charge in [-0.3, -0.25) is 0 Å². The molecule has 2 nitrogen and oxygen atoms in total. The van der Waals surface area contributed by atoms with Crippen molar-refractivity contribution in [3.05, 3.63) is 21.9 Å². The van der Waals surface area contributed by atoms with Gasteiger partial charge in [-0.1, -0.05) is 13.8 Å². The Bertz CT molecular complexity index is 326. The summed E-state index contributed by atoms with van der Waals surface area (Å²) in [5, 5.41) is 2.14. The Morgan fingerprint density at radius 1 is 1.38 bits per heavy atom. The van der Waals surface area contributed by atoms with Crippen LogP contribution in [0.15, 0.2) is 11.4 Å². The molecule has 92 valence electrons. The maximum Gasteiger partial charge on any atom is 0.0579 e. The second kappa shape index (κ2) is 5.30. The molecule has 1 aromatic heterocycles. The van der Waals surface area contributed by atoms with E-state index < -0.39 is 0 Å². The van der Waals surface area contributed by atoms with E-state index in [2.05, 4.69) is 51.2 Å². The van der Waals surface area contributed by atoms with Crippen LogP contribution in [-0.4, -0.2) is 24.5 Å². The standard InChI is InChI=1S/C13H24N2S/c1-6-13(7-2,15(4)5)12(14)11-10(3)8-9-16-11/h8-9,12H,6-7,14H2,1-5H3. The van der Waals surface area contributed by atoms with Gasteiger partial charge in [-0.15, -0.1) is 11.3 Å². The van der Waals surface area contributed by atoms with E-state index in [9.17, 15) is 0 Å². The molecule has 1 aromatic rings. The molecule has 0 aromatic carbocycles. The third-order valence-corrected chi connectivity index (χ3v) is 4.98. The zero-order valence-electron chi connectivity index (χ0n) is 11.1. The van der Waals surface area contributed by atoms with Gasteiger partial charge in [0.05, 0.1) is 6.04 Å². The highest BCUT2D eigenvalue weighted by atomic mass is 32.1. The summed E-state index contributed by atoms with van der Waals surface area (Å²) in [7, 11) is 4.27. The van der Waals surface area contributed by atoms with Crippen molar-refractivity contribution in [1.29, 1.82) is 0 Å². The molecule has 0 radical (unpaired) electrons. The van der Waals surface area contributed by atoms with Gasteiger partial charge in [-0.05, 0) is 50.9 Å². The Hall–Kier alpha value is -0.380. The second-order valence-corrected chi connectivity index (χ2v) is 5.60. The van der Waals surface area contributed by atoms with Gasteiger partial charge in [-0.25, -0.2) is 0 Å². The first-order valence-electron chi connectivity index (χ1n) is 5.96. The van der Waals surface area contributed by atoms with Gasteiger partial charge < -0.3 is 10.6 Å². The van der Waals surface area contributed by atoms with Gasteiger partial charge in [0.25, 0.3) is 0 Å². The maximum absolute atomic E-state index is 6.51. The fourth-order valence-electron chi connectivity index (χ4n) is 2.55. The van der Waals surface area contributed by atoms with E-state index in [-0.39, 0.29) is 11.6 Å². The van der Waals surface area contributed by atoms with Crippen molar-refractivity contribution in [2.45, 2.75) is 45.2 Å². The van der Waals surface area contributed by atoms with E-state index in [1.165, 1.54) is 10.4 Å². The molecular weight excluding hydrogens is 216 g/mol. The minimum absolute atomic E-state index is 0.0790. The molecule has 0 saturated heterocycles. The fraction of sp³-hybridized carbons (Fsp3) is 0.692. The largest absolute Gasteiger partial charge is 0.322 e. The molecule has 0 aliphatic heterocycles. The van der Waals surface area contributed by atoms with Gasteiger partial charge in [0, 0.05) is 10.4 Å². The van der Waals surface area contributed by atoms with E-state index in [0.717, 1.165) is 12.8 Å². The third-order valence-electron chi connectivity index (χ3n) is 3.88. The molecule has 1 atom stereocenters. The minimum Gasteiger partial charge on any atom is -0.322 e. The molecule has 0 spiro atoms. The lowest BCUT2D eigenvalue weighted by atomic mass is 9.82. The van der Waals surface area contributed by atoms with Gasteiger partial charge in [-0.2, -0.15) is 0 Å². The molecule has 0 aliphatic rings. The summed E-state index contributed by atoms with van der Waals surface area (Å²) in [6.45, 7) is 6.61. The van der Waals surface area contributed by atoms with Crippen LogP contribution in [0.5, 0.6) is 0 Å². The molecule has 0 fully saturated rings. The van der Waals surface area contributed by atoms with Crippen LogP contribution in [0.3, 0.4) is 0 Å². The third kappa shape index (κ3) is 2.17. The number of hydrogen-bond donors (Lipinski definition) is 1. The number of thiophene rings is 1. The quantitative estimate of drug-likeness (QED) is 0.856. The highest BCUT2D eigenvalue weighted by Crippen LogP contribution is 2.37. The van der Waals surface area contributed by atoms with E-state index in [0.29, 0.717) is 0 Å². The monoisotopic (exact) mass is 240 g/mol. The first-order valence-corrected chi connectivity index (χ1v) is 6.84. The Labute approximate surface area is 103 Å². The minimum atomic E-state index is 0.0790. The molecule has 0 amide bonds. The lowest BCUT2D eigenvalue weighted by Crippen LogP contribution is -2.51. The highest BCUT2D eigenvalue weighted by molar-refractivity contribution is 7.10. The summed E-state index contributed by atoms with van der Waals surface area (Å²) in [4.78, 5) is 3.62. The predicted octanol–water partition coefficient (Wildman–Crippen LogP) is 3.18. The molecule has 2 N–H and O–H groups in total. The number of nitrogens with two attached hydrogens (primary N) is 1. The highest BCUT2D eigenvalue weighted by Gasteiger charge is 2.37. The van der Waals surface area contributed by atoms with Crippen molar-refractivity contribution in [3.63, 3.8) is 0 Å². The van der Waals surface area contributed by atoms with Crippen molar-refractivity contribution in [3.8, 4) is 0 Å². The van der Waals surface area contributed by atoms with Crippen LogP contribution in [-0.2, 0) is 0 Å². The molecule has 16 heavy (non-hydrogen) atoms. The average molecular weight is 240 g/mol. The lowest BCUT2D eigenvalue weighted by Gasteiger charge is -2.43. The maximum atomic E-state index is 6.51. The van der Waals surface area contributed by atoms with Gasteiger partial charge in [0.2, 0.25) is 0 Å². The van der Waals surface area contributed by atoms with Gasteiger partial charge in [0.1, 0.15) is 0 Å². The normalized spacial score (nSPS) is 14.4. The van der Waals surface area contributed by atoms with Crippen LogP contribution >= 0.6 is 11.3 Å². The summed E-state index contributed by atoms with van der Waals surface area (Å²) in [5.41, 5.74) is 7.91.